The molecular weight excluding hydrogens is 257 g/mol. The Morgan fingerprint density at radius 3 is 2.80 bits per heavy atom. The second-order valence-electron chi connectivity index (χ2n) is 5.14. The first kappa shape index (κ1) is 14.5. The monoisotopic (exact) mass is 275 g/mol. The third-order valence-electron chi connectivity index (χ3n) is 3.65. The number of piperidine rings is 1. The summed E-state index contributed by atoms with van der Waals surface area (Å²) in [6.07, 6.45) is 1.68. The van der Waals surface area contributed by atoms with Crippen molar-refractivity contribution in [2.75, 3.05) is 19.6 Å². The van der Waals surface area contributed by atoms with Gasteiger partial charge in [-0.3, -0.25) is 9.69 Å². The molecule has 106 valence electrons. The summed E-state index contributed by atoms with van der Waals surface area (Å²) in [5.74, 6) is -0.481. The van der Waals surface area contributed by atoms with Gasteiger partial charge in [-0.15, -0.1) is 0 Å². The molecule has 0 radical (unpaired) electrons. The summed E-state index contributed by atoms with van der Waals surface area (Å²) in [6.45, 7) is 3.81. The number of likely N-dealkylation sites (tertiary alicyclic amines) is 1. The van der Waals surface area contributed by atoms with E-state index in [4.69, 9.17) is 5.26 Å². The Morgan fingerprint density at radius 1 is 1.50 bits per heavy atom. The van der Waals surface area contributed by atoms with Crippen molar-refractivity contribution in [2.24, 2.45) is 0 Å². The third-order valence-corrected chi connectivity index (χ3v) is 3.65. The van der Waals surface area contributed by atoms with E-state index in [1.165, 1.54) is 18.2 Å². The standard InChI is InChI=1S/C15H18FN3O/c1-11-10-12(16)2-3-14(11)15(20)18-13-4-7-19(8-5-13)9-6-17/h2-3,10,13H,4-5,7-9H2,1H3,(H,18,20). The molecule has 1 aliphatic heterocycles. The topological polar surface area (TPSA) is 56.1 Å². The van der Waals surface area contributed by atoms with Crippen LogP contribution in [0.5, 0.6) is 0 Å². The van der Waals surface area contributed by atoms with Crippen LogP contribution in [-0.4, -0.2) is 36.5 Å². The number of rotatable bonds is 3. The summed E-state index contributed by atoms with van der Waals surface area (Å²) in [4.78, 5) is 14.2. The molecule has 1 N–H and O–H groups in total. The number of amides is 1. The number of carbonyl (C=O) groups excluding carboxylic acids is 1. The highest BCUT2D eigenvalue weighted by Gasteiger charge is 2.21. The normalized spacial score (nSPS) is 16.6. The molecule has 0 bridgehead atoms. The van der Waals surface area contributed by atoms with Gasteiger partial charge in [0.15, 0.2) is 0 Å². The Kier molecular flexibility index (Phi) is 4.70. The van der Waals surface area contributed by atoms with Gasteiger partial charge in [-0.1, -0.05) is 0 Å². The van der Waals surface area contributed by atoms with Crippen LogP contribution >= 0.6 is 0 Å². The van der Waals surface area contributed by atoms with E-state index in [1.807, 2.05) is 0 Å². The first-order chi connectivity index (χ1) is 9.60. The summed E-state index contributed by atoms with van der Waals surface area (Å²) in [7, 11) is 0. The minimum absolute atomic E-state index is 0.127. The molecule has 0 spiro atoms. The predicted molar refractivity (Wildman–Crippen MR) is 73.7 cm³/mol. The number of nitriles is 1. The average molecular weight is 275 g/mol. The first-order valence-electron chi connectivity index (χ1n) is 6.76. The van der Waals surface area contributed by atoms with E-state index in [2.05, 4.69) is 16.3 Å². The Bertz CT molecular complexity index is 530. The van der Waals surface area contributed by atoms with Gasteiger partial charge in [0.05, 0.1) is 12.6 Å². The molecular formula is C15H18FN3O. The number of nitrogens with one attached hydrogen (secondary N) is 1. The van der Waals surface area contributed by atoms with Crippen molar-refractivity contribution in [3.63, 3.8) is 0 Å². The van der Waals surface area contributed by atoms with Crippen molar-refractivity contribution < 1.29 is 9.18 Å². The number of halogens is 1. The molecule has 1 fully saturated rings. The molecule has 4 nitrogen and oxygen atoms in total. The molecule has 1 aliphatic rings. The maximum Gasteiger partial charge on any atom is 0.251 e. The van der Waals surface area contributed by atoms with E-state index in [0.717, 1.165) is 25.9 Å². The Hall–Kier alpha value is -1.93. The Labute approximate surface area is 118 Å². The van der Waals surface area contributed by atoms with E-state index in [1.54, 1.807) is 6.92 Å². The van der Waals surface area contributed by atoms with Gasteiger partial charge in [-0.05, 0) is 43.5 Å². The maximum atomic E-state index is 13.0. The van der Waals surface area contributed by atoms with Gasteiger partial charge in [0.25, 0.3) is 5.91 Å². The van der Waals surface area contributed by atoms with E-state index in [0.29, 0.717) is 17.7 Å². The van der Waals surface area contributed by atoms with Crippen LogP contribution in [0.15, 0.2) is 18.2 Å². The number of benzene rings is 1. The third kappa shape index (κ3) is 3.55. The zero-order valence-corrected chi connectivity index (χ0v) is 11.5. The lowest BCUT2D eigenvalue weighted by Gasteiger charge is -2.30. The number of nitrogens with zero attached hydrogens (tertiary/aromatic N) is 2. The summed E-state index contributed by atoms with van der Waals surface area (Å²) in [5, 5.41) is 11.6. The van der Waals surface area contributed by atoms with Crippen LogP contribution in [0.25, 0.3) is 0 Å². The summed E-state index contributed by atoms with van der Waals surface area (Å²) < 4.78 is 13.0. The van der Waals surface area contributed by atoms with Gasteiger partial charge in [0, 0.05) is 24.7 Å². The van der Waals surface area contributed by atoms with Crippen molar-refractivity contribution in [1.29, 1.82) is 5.26 Å². The van der Waals surface area contributed by atoms with Crippen molar-refractivity contribution in [3.05, 3.63) is 35.1 Å². The highest BCUT2D eigenvalue weighted by molar-refractivity contribution is 5.95. The molecule has 1 aromatic rings. The van der Waals surface area contributed by atoms with E-state index in [-0.39, 0.29) is 17.8 Å². The molecule has 1 heterocycles. The lowest BCUT2D eigenvalue weighted by Crippen LogP contribution is -2.44. The van der Waals surface area contributed by atoms with Gasteiger partial charge in [-0.2, -0.15) is 5.26 Å². The SMILES string of the molecule is Cc1cc(F)ccc1C(=O)NC1CCN(CC#N)CC1. The van der Waals surface area contributed by atoms with Crippen molar-refractivity contribution >= 4 is 5.91 Å². The zero-order chi connectivity index (χ0) is 14.5. The summed E-state index contributed by atoms with van der Waals surface area (Å²) in [5.41, 5.74) is 1.16. The number of aryl methyl sites for hydroxylation is 1. The number of hydrogen-bond donors (Lipinski definition) is 1. The minimum atomic E-state index is -0.330. The fourth-order valence-electron chi connectivity index (χ4n) is 2.48. The molecule has 20 heavy (non-hydrogen) atoms. The predicted octanol–water partition coefficient (Wildman–Crippen LogP) is 1.85. The van der Waals surface area contributed by atoms with Crippen LogP contribution in [0.2, 0.25) is 0 Å². The second kappa shape index (κ2) is 6.49. The summed E-state index contributed by atoms with van der Waals surface area (Å²) >= 11 is 0. The number of hydrogen-bond acceptors (Lipinski definition) is 3. The van der Waals surface area contributed by atoms with Crippen LogP contribution in [-0.2, 0) is 0 Å². The molecule has 0 saturated carbocycles. The lowest BCUT2D eigenvalue weighted by atomic mass is 10.0. The molecule has 5 heteroatoms. The van der Waals surface area contributed by atoms with E-state index >= 15 is 0 Å². The molecule has 0 atom stereocenters. The highest BCUT2D eigenvalue weighted by atomic mass is 19.1. The van der Waals surface area contributed by atoms with Gasteiger partial charge < -0.3 is 5.32 Å². The van der Waals surface area contributed by atoms with Gasteiger partial charge >= 0.3 is 0 Å². The zero-order valence-electron chi connectivity index (χ0n) is 11.5. The molecule has 2 rings (SSSR count). The molecule has 0 aliphatic carbocycles. The fourth-order valence-corrected chi connectivity index (χ4v) is 2.48. The Morgan fingerprint density at radius 2 is 2.20 bits per heavy atom. The van der Waals surface area contributed by atoms with Crippen LogP contribution in [0.1, 0.15) is 28.8 Å². The smallest absolute Gasteiger partial charge is 0.251 e. The Balaban J connectivity index is 1.91. The molecule has 1 saturated heterocycles. The molecule has 0 aromatic heterocycles. The minimum Gasteiger partial charge on any atom is -0.349 e. The van der Waals surface area contributed by atoms with Gasteiger partial charge in [0.1, 0.15) is 5.82 Å². The van der Waals surface area contributed by atoms with Crippen LogP contribution in [0, 0.1) is 24.1 Å². The van der Waals surface area contributed by atoms with E-state index in [9.17, 15) is 9.18 Å². The quantitative estimate of drug-likeness (QED) is 0.857. The van der Waals surface area contributed by atoms with Crippen molar-refractivity contribution in [1.82, 2.24) is 10.2 Å². The van der Waals surface area contributed by atoms with E-state index < -0.39 is 0 Å². The maximum absolute atomic E-state index is 13.0. The lowest BCUT2D eigenvalue weighted by molar-refractivity contribution is 0.0913. The van der Waals surface area contributed by atoms with Crippen LogP contribution in [0.4, 0.5) is 4.39 Å². The fraction of sp³-hybridized carbons (Fsp3) is 0.467. The molecule has 1 amide bonds. The first-order valence-corrected chi connectivity index (χ1v) is 6.76. The molecule has 0 unspecified atom stereocenters. The van der Waals surface area contributed by atoms with Gasteiger partial charge in [0.2, 0.25) is 0 Å². The van der Waals surface area contributed by atoms with Crippen molar-refractivity contribution in [2.45, 2.75) is 25.8 Å². The largest absolute Gasteiger partial charge is 0.349 e. The van der Waals surface area contributed by atoms with Crippen LogP contribution in [0.3, 0.4) is 0 Å². The summed E-state index contributed by atoms with van der Waals surface area (Å²) in [6, 6.07) is 6.45. The van der Waals surface area contributed by atoms with Gasteiger partial charge in [-0.25, -0.2) is 4.39 Å². The second-order valence-corrected chi connectivity index (χ2v) is 5.14. The van der Waals surface area contributed by atoms with Crippen molar-refractivity contribution in [3.8, 4) is 6.07 Å². The molecule has 1 aromatic carbocycles. The average Bonchev–Trinajstić information content (AvgIpc) is 2.41. The highest BCUT2D eigenvalue weighted by Crippen LogP contribution is 2.13. The van der Waals surface area contributed by atoms with Crippen LogP contribution < -0.4 is 5.32 Å². The number of carbonyl (C=O) groups is 1.